The Kier molecular flexibility index (Phi) is 4.50. The Labute approximate surface area is 146 Å². The number of nitrogens with one attached hydrogen (secondary N) is 1. The van der Waals surface area contributed by atoms with E-state index in [4.69, 9.17) is 0 Å². The van der Waals surface area contributed by atoms with Gasteiger partial charge in [0.15, 0.2) is 0 Å². The van der Waals surface area contributed by atoms with Crippen LogP contribution in [0.1, 0.15) is 15.2 Å². The van der Waals surface area contributed by atoms with Crippen LogP contribution in [-0.4, -0.2) is 17.9 Å². The molecule has 1 heterocycles. The fourth-order valence-electron chi connectivity index (χ4n) is 2.30. The van der Waals surface area contributed by atoms with E-state index in [1.54, 1.807) is 19.2 Å². The zero-order chi connectivity index (χ0) is 16.4. The van der Waals surface area contributed by atoms with Gasteiger partial charge in [-0.15, -0.1) is 11.3 Å². The third kappa shape index (κ3) is 3.16. The average molecular weight is 388 g/mol. The average Bonchev–Trinajstić information content (AvgIpc) is 3.01. The van der Waals surface area contributed by atoms with E-state index in [0.717, 1.165) is 20.6 Å². The predicted octanol–water partition coefficient (Wildman–Crippen LogP) is 5.16. The van der Waals surface area contributed by atoms with Crippen molar-refractivity contribution in [1.82, 2.24) is 0 Å². The van der Waals surface area contributed by atoms with Crippen LogP contribution in [0.25, 0.3) is 10.4 Å². The molecule has 0 aliphatic heterocycles. The molecule has 0 aliphatic carbocycles. The number of carbonyl (C=O) groups is 1. The lowest BCUT2D eigenvalue weighted by Crippen LogP contribution is -2.02. The number of rotatable bonds is 4. The molecule has 0 saturated heterocycles. The highest BCUT2D eigenvalue weighted by Gasteiger charge is 2.20. The number of anilines is 1. The van der Waals surface area contributed by atoms with E-state index in [1.165, 1.54) is 17.4 Å². The number of halogens is 1. The Bertz CT molecular complexity index is 859. The van der Waals surface area contributed by atoms with Crippen LogP contribution in [-0.2, 0) is 0 Å². The van der Waals surface area contributed by atoms with Crippen LogP contribution in [0, 0.1) is 0 Å². The molecule has 3 rings (SSSR count). The summed E-state index contributed by atoms with van der Waals surface area (Å²) in [6.07, 6.45) is 0. The molecule has 23 heavy (non-hydrogen) atoms. The minimum absolute atomic E-state index is 0.0186. The summed E-state index contributed by atoms with van der Waals surface area (Å²) in [6, 6.07) is 16.7. The standard InChI is InChI=1S/C18H14BrNO2S/c1-20-14-10-16(11-5-3-2-4-6-11)23-18(14)17(22)13-9-12(19)7-8-15(13)21/h2-10,20-21H,1H3. The minimum Gasteiger partial charge on any atom is -0.507 e. The van der Waals surface area contributed by atoms with Gasteiger partial charge in [0.05, 0.1) is 16.1 Å². The Morgan fingerprint density at radius 3 is 2.57 bits per heavy atom. The van der Waals surface area contributed by atoms with E-state index in [2.05, 4.69) is 21.2 Å². The van der Waals surface area contributed by atoms with Crippen molar-refractivity contribution in [3.63, 3.8) is 0 Å². The lowest BCUT2D eigenvalue weighted by atomic mass is 10.1. The van der Waals surface area contributed by atoms with Gasteiger partial charge in [-0.2, -0.15) is 0 Å². The maximum atomic E-state index is 12.8. The first-order valence-corrected chi connectivity index (χ1v) is 8.61. The van der Waals surface area contributed by atoms with Gasteiger partial charge < -0.3 is 10.4 Å². The van der Waals surface area contributed by atoms with Crippen molar-refractivity contribution >= 4 is 38.7 Å². The van der Waals surface area contributed by atoms with Crippen molar-refractivity contribution in [3.05, 3.63) is 69.5 Å². The van der Waals surface area contributed by atoms with Crippen LogP contribution >= 0.6 is 27.3 Å². The summed E-state index contributed by atoms with van der Waals surface area (Å²) < 4.78 is 0.754. The molecule has 0 unspecified atom stereocenters. The number of hydrogen-bond acceptors (Lipinski definition) is 4. The van der Waals surface area contributed by atoms with Gasteiger partial charge in [-0.25, -0.2) is 0 Å². The van der Waals surface area contributed by atoms with Crippen LogP contribution in [0.4, 0.5) is 5.69 Å². The number of thiophene rings is 1. The van der Waals surface area contributed by atoms with E-state index >= 15 is 0 Å². The Hall–Kier alpha value is -2.11. The number of phenols is 1. The van der Waals surface area contributed by atoms with Crippen LogP contribution in [0.3, 0.4) is 0 Å². The first kappa shape index (κ1) is 15.8. The summed E-state index contributed by atoms with van der Waals surface area (Å²) >= 11 is 4.76. The van der Waals surface area contributed by atoms with Crippen molar-refractivity contribution < 1.29 is 9.90 Å². The van der Waals surface area contributed by atoms with Gasteiger partial charge in [-0.3, -0.25) is 4.79 Å². The highest BCUT2D eigenvalue weighted by atomic mass is 79.9. The van der Waals surface area contributed by atoms with Crippen LogP contribution in [0.15, 0.2) is 59.1 Å². The van der Waals surface area contributed by atoms with Crippen LogP contribution in [0.5, 0.6) is 5.75 Å². The molecule has 0 fully saturated rings. The van der Waals surface area contributed by atoms with Gasteiger partial charge >= 0.3 is 0 Å². The molecule has 0 bridgehead atoms. The first-order valence-electron chi connectivity index (χ1n) is 7.00. The summed E-state index contributed by atoms with van der Waals surface area (Å²) in [4.78, 5) is 14.4. The molecule has 3 nitrogen and oxygen atoms in total. The Morgan fingerprint density at radius 2 is 1.87 bits per heavy atom. The third-order valence-electron chi connectivity index (χ3n) is 3.47. The topological polar surface area (TPSA) is 49.3 Å². The van der Waals surface area contributed by atoms with E-state index in [-0.39, 0.29) is 17.1 Å². The third-order valence-corrected chi connectivity index (χ3v) is 5.15. The zero-order valence-corrected chi connectivity index (χ0v) is 14.7. The second-order valence-corrected chi connectivity index (χ2v) is 6.93. The maximum absolute atomic E-state index is 12.8. The molecule has 1 aromatic heterocycles. The number of hydrogen-bond donors (Lipinski definition) is 2. The summed E-state index contributed by atoms with van der Waals surface area (Å²) in [6.45, 7) is 0. The molecule has 116 valence electrons. The van der Waals surface area contributed by atoms with E-state index in [0.29, 0.717) is 4.88 Å². The molecule has 0 spiro atoms. The largest absolute Gasteiger partial charge is 0.507 e. The molecule has 0 radical (unpaired) electrons. The molecule has 2 N–H and O–H groups in total. The van der Waals surface area contributed by atoms with Crippen molar-refractivity contribution in [3.8, 4) is 16.2 Å². The fourth-order valence-corrected chi connectivity index (χ4v) is 3.79. The molecule has 0 aliphatic rings. The molecule has 3 aromatic rings. The van der Waals surface area contributed by atoms with E-state index < -0.39 is 0 Å². The number of ketones is 1. The maximum Gasteiger partial charge on any atom is 0.208 e. The van der Waals surface area contributed by atoms with Crippen LogP contribution < -0.4 is 5.32 Å². The van der Waals surface area contributed by atoms with E-state index in [9.17, 15) is 9.90 Å². The lowest BCUT2D eigenvalue weighted by molar-refractivity contribution is 0.104. The van der Waals surface area contributed by atoms with Gasteiger partial charge in [0.2, 0.25) is 5.78 Å². The van der Waals surface area contributed by atoms with Crippen molar-refractivity contribution in [2.45, 2.75) is 0 Å². The zero-order valence-electron chi connectivity index (χ0n) is 12.3. The van der Waals surface area contributed by atoms with Gasteiger partial charge in [0.1, 0.15) is 5.75 Å². The van der Waals surface area contributed by atoms with Crippen molar-refractivity contribution in [2.24, 2.45) is 0 Å². The Balaban J connectivity index is 2.07. The summed E-state index contributed by atoms with van der Waals surface area (Å²) in [5, 5.41) is 13.1. The number of aromatic hydroxyl groups is 1. The van der Waals surface area contributed by atoms with Gasteiger partial charge in [-0.1, -0.05) is 46.3 Å². The van der Waals surface area contributed by atoms with Gasteiger partial charge in [0.25, 0.3) is 0 Å². The van der Waals surface area contributed by atoms with E-state index in [1.807, 2.05) is 36.4 Å². The molecule has 5 heteroatoms. The van der Waals surface area contributed by atoms with Gasteiger partial charge in [-0.05, 0) is 29.8 Å². The number of benzene rings is 2. The summed E-state index contributed by atoms with van der Waals surface area (Å²) in [5.41, 5.74) is 2.11. The van der Waals surface area contributed by atoms with Crippen LogP contribution in [0.2, 0.25) is 0 Å². The molecular weight excluding hydrogens is 374 g/mol. The normalized spacial score (nSPS) is 10.5. The lowest BCUT2D eigenvalue weighted by Gasteiger charge is -2.05. The molecule has 2 aromatic carbocycles. The van der Waals surface area contributed by atoms with Crippen molar-refractivity contribution in [2.75, 3.05) is 12.4 Å². The molecule has 0 amide bonds. The molecule has 0 atom stereocenters. The van der Waals surface area contributed by atoms with Gasteiger partial charge in [0, 0.05) is 16.4 Å². The molecular formula is C18H14BrNO2S. The summed E-state index contributed by atoms with van der Waals surface area (Å²) in [5.74, 6) is -0.213. The SMILES string of the molecule is CNc1cc(-c2ccccc2)sc1C(=O)c1cc(Br)ccc1O. The summed E-state index contributed by atoms with van der Waals surface area (Å²) in [7, 11) is 1.79. The second kappa shape index (κ2) is 6.56. The molecule has 0 saturated carbocycles. The Morgan fingerprint density at radius 1 is 1.13 bits per heavy atom. The quantitative estimate of drug-likeness (QED) is 0.608. The predicted molar refractivity (Wildman–Crippen MR) is 98.5 cm³/mol. The highest BCUT2D eigenvalue weighted by molar-refractivity contribution is 9.10. The monoisotopic (exact) mass is 387 g/mol. The van der Waals surface area contributed by atoms with Crippen molar-refractivity contribution in [1.29, 1.82) is 0 Å². The number of phenolic OH excluding ortho intramolecular Hbond substituents is 1. The highest BCUT2D eigenvalue weighted by Crippen LogP contribution is 2.37. The second-order valence-electron chi connectivity index (χ2n) is 4.96. The smallest absolute Gasteiger partial charge is 0.208 e. The minimum atomic E-state index is -0.194. The number of carbonyl (C=O) groups excluding carboxylic acids is 1. The first-order chi connectivity index (χ1) is 11.1. The fraction of sp³-hybridized carbons (Fsp3) is 0.0556.